The van der Waals surface area contributed by atoms with Gasteiger partial charge in [-0.25, -0.2) is 4.79 Å². The van der Waals surface area contributed by atoms with Gasteiger partial charge < -0.3 is 20.4 Å². The van der Waals surface area contributed by atoms with Crippen molar-refractivity contribution in [3.8, 4) is 0 Å². The molecule has 2 saturated heterocycles. The van der Waals surface area contributed by atoms with Crippen LogP contribution in [0.4, 0.5) is 21.9 Å². The Hall–Kier alpha value is -3.02. The number of nitrogens with zero attached hydrogens (tertiary/aromatic N) is 2. The van der Waals surface area contributed by atoms with Gasteiger partial charge in [0.1, 0.15) is 0 Å². The highest BCUT2D eigenvalue weighted by Gasteiger charge is 2.25. The predicted octanol–water partition coefficient (Wildman–Crippen LogP) is 5.12. The van der Waals surface area contributed by atoms with Crippen molar-refractivity contribution in [1.82, 2.24) is 4.90 Å². The zero-order valence-corrected chi connectivity index (χ0v) is 18.3. The van der Waals surface area contributed by atoms with E-state index in [0.717, 1.165) is 69.7 Å². The second-order valence-electron chi connectivity index (χ2n) is 8.41. The van der Waals surface area contributed by atoms with Crippen LogP contribution in [0.1, 0.15) is 54.9 Å². The molecule has 6 nitrogen and oxygen atoms in total. The number of aryl methyl sites for hydroxylation is 1. The van der Waals surface area contributed by atoms with E-state index in [4.69, 9.17) is 0 Å². The first-order valence-corrected chi connectivity index (χ1v) is 11.5. The van der Waals surface area contributed by atoms with Gasteiger partial charge in [0.05, 0.1) is 5.56 Å². The first-order valence-electron chi connectivity index (χ1n) is 11.5. The van der Waals surface area contributed by atoms with Gasteiger partial charge in [-0.1, -0.05) is 19.1 Å². The number of anilines is 3. The Labute approximate surface area is 184 Å². The van der Waals surface area contributed by atoms with E-state index in [-0.39, 0.29) is 11.9 Å². The fourth-order valence-corrected chi connectivity index (χ4v) is 4.45. The van der Waals surface area contributed by atoms with E-state index in [1.54, 1.807) is 0 Å². The van der Waals surface area contributed by atoms with E-state index in [1.165, 1.54) is 12.0 Å². The van der Waals surface area contributed by atoms with Crippen molar-refractivity contribution >= 4 is 29.0 Å². The molecule has 2 aromatic rings. The lowest BCUT2D eigenvalue weighted by atomic mass is 10.1. The number of likely N-dealkylation sites (tertiary alicyclic amines) is 1. The van der Waals surface area contributed by atoms with E-state index in [1.807, 2.05) is 47.4 Å². The van der Waals surface area contributed by atoms with Crippen LogP contribution in [0.25, 0.3) is 0 Å². The number of rotatable bonds is 5. The molecule has 0 unspecified atom stereocenters. The maximum atomic E-state index is 13.3. The molecule has 2 heterocycles. The van der Waals surface area contributed by atoms with Crippen LogP contribution in [0.2, 0.25) is 0 Å². The molecule has 6 heteroatoms. The van der Waals surface area contributed by atoms with E-state index in [9.17, 15) is 9.59 Å². The van der Waals surface area contributed by atoms with Crippen LogP contribution in [0.5, 0.6) is 0 Å². The molecule has 2 aliphatic heterocycles. The first-order chi connectivity index (χ1) is 15.1. The Morgan fingerprint density at radius 2 is 1.52 bits per heavy atom. The predicted molar refractivity (Wildman–Crippen MR) is 126 cm³/mol. The van der Waals surface area contributed by atoms with Gasteiger partial charge in [-0.05, 0) is 74.4 Å². The Morgan fingerprint density at radius 1 is 0.839 bits per heavy atom. The van der Waals surface area contributed by atoms with E-state index < -0.39 is 0 Å². The van der Waals surface area contributed by atoms with Gasteiger partial charge in [-0.3, -0.25) is 4.79 Å². The van der Waals surface area contributed by atoms with E-state index in [0.29, 0.717) is 11.3 Å². The smallest absolute Gasteiger partial charge is 0.323 e. The standard InChI is InChI=1S/C25H32N4O2/c1-2-19-9-8-10-20(17-19)26-25(31)27-21-11-12-23(28-13-6-7-14-28)22(18-21)24(30)29-15-4-3-5-16-29/h8-12,17-18H,2-7,13-16H2,1H3,(H2,26,27,31). The fourth-order valence-electron chi connectivity index (χ4n) is 4.45. The van der Waals surface area contributed by atoms with E-state index in [2.05, 4.69) is 22.5 Å². The SMILES string of the molecule is CCc1cccc(NC(=O)Nc2ccc(N3CCCC3)c(C(=O)N3CCCCC3)c2)c1. The number of carbonyl (C=O) groups is 2. The molecular formula is C25H32N4O2. The molecule has 3 amide bonds. The molecule has 0 atom stereocenters. The highest BCUT2D eigenvalue weighted by atomic mass is 16.2. The third-order valence-corrected chi connectivity index (χ3v) is 6.17. The minimum absolute atomic E-state index is 0.0707. The second kappa shape index (κ2) is 9.86. The molecule has 0 bridgehead atoms. The first kappa shape index (κ1) is 21.2. The minimum atomic E-state index is -0.307. The van der Waals surface area contributed by atoms with Gasteiger partial charge in [-0.2, -0.15) is 0 Å². The largest absolute Gasteiger partial charge is 0.371 e. The van der Waals surface area contributed by atoms with Crippen molar-refractivity contribution in [2.75, 3.05) is 41.7 Å². The van der Waals surface area contributed by atoms with Crippen molar-refractivity contribution in [2.24, 2.45) is 0 Å². The van der Waals surface area contributed by atoms with Gasteiger partial charge in [0.2, 0.25) is 0 Å². The third-order valence-electron chi connectivity index (χ3n) is 6.17. The zero-order valence-electron chi connectivity index (χ0n) is 18.3. The Morgan fingerprint density at radius 3 is 2.23 bits per heavy atom. The summed E-state index contributed by atoms with van der Waals surface area (Å²) in [6.07, 6.45) is 6.51. The van der Waals surface area contributed by atoms with Crippen LogP contribution < -0.4 is 15.5 Å². The summed E-state index contributed by atoms with van der Waals surface area (Å²) in [5, 5.41) is 5.80. The normalized spacial score (nSPS) is 16.3. The van der Waals surface area contributed by atoms with E-state index >= 15 is 0 Å². The number of hydrogen-bond donors (Lipinski definition) is 2. The van der Waals surface area contributed by atoms with Crippen LogP contribution in [-0.4, -0.2) is 43.0 Å². The molecule has 2 N–H and O–H groups in total. The number of carbonyl (C=O) groups excluding carboxylic acids is 2. The molecule has 4 rings (SSSR count). The maximum absolute atomic E-state index is 13.3. The molecule has 2 fully saturated rings. The van der Waals surface area contributed by atoms with Gasteiger partial charge in [-0.15, -0.1) is 0 Å². The van der Waals surface area contributed by atoms with Gasteiger partial charge in [0, 0.05) is 43.2 Å². The maximum Gasteiger partial charge on any atom is 0.323 e. The van der Waals surface area contributed by atoms with Crippen LogP contribution in [0.15, 0.2) is 42.5 Å². The summed E-state index contributed by atoms with van der Waals surface area (Å²) in [5.74, 6) is 0.0707. The summed E-state index contributed by atoms with van der Waals surface area (Å²) in [5.41, 5.74) is 4.23. The quantitative estimate of drug-likeness (QED) is 0.706. The summed E-state index contributed by atoms with van der Waals surface area (Å²) in [4.78, 5) is 30.2. The molecule has 2 aliphatic rings. The van der Waals surface area contributed by atoms with Crippen molar-refractivity contribution in [1.29, 1.82) is 0 Å². The van der Waals surface area contributed by atoms with Crippen molar-refractivity contribution < 1.29 is 9.59 Å². The lowest BCUT2D eigenvalue weighted by molar-refractivity contribution is 0.0725. The van der Waals surface area contributed by atoms with Crippen LogP contribution in [-0.2, 0) is 6.42 Å². The van der Waals surface area contributed by atoms with Gasteiger partial charge in [0.25, 0.3) is 5.91 Å². The third kappa shape index (κ3) is 5.19. The molecule has 164 valence electrons. The van der Waals surface area contributed by atoms with Crippen molar-refractivity contribution in [3.05, 3.63) is 53.6 Å². The summed E-state index contributed by atoms with van der Waals surface area (Å²) < 4.78 is 0. The molecule has 0 aromatic heterocycles. The fraction of sp³-hybridized carbons (Fsp3) is 0.440. The average Bonchev–Trinajstić information content (AvgIpc) is 3.34. The molecule has 0 spiro atoms. The number of amides is 3. The number of hydrogen-bond acceptors (Lipinski definition) is 3. The summed E-state index contributed by atoms with van der Waals surface area (Å²) in [7, 11) is 0. The van der Waals surface area contributed by atoms with Gasteiger partial charge >= 0.3 is 6.03 Å². The number of piperidine rings is 1. The molecule has 0 saturated carbocycles. The molecule has 0 radical (unpaired) electrons. The van der Waals surface area contributed by atoms with Crippen LogP contribution >= 0.6 is 0 Å². The summed E-state index contributed by atoms with van der Waals surface area (Å²) in [6.45, 7) is 5.65. The molecule has 2 aromatic carbocycles. The number of urea groups is 1. The average molecular weight is 421 g/mol. The van der Waals surface area contributed by atoms with Crippen molar-refractivity contribution in [3.63, 3.8) is 0 Å². The molecule has 31 heavy (non-hydrogen) atoms. The number of benzene rings is 2. The Bertz CT molecular complexity index is 931. The second-order valence-corrected chi connectivity index (χ2v) is 8.41. The monoisotopic (exact) mass is 420 g/mol. The molecule has 0 aliphatic carbocycles. The van der Waals surface area contributed by atoms with Gasteiger partial charge in [0.15, 0.2) is 0 Å². The van der Waals surface area contributed by atoms with Crippen LogP contribution in [0.3, 0.4) is 0 Å². The highest BCUT2D eigenvalue weighted by Crippen LogP contribution is 2.29. The lowest BCUT2D eigenvalue weighted by Gasteiger charge is -2.29. The summed E-state index contributed by atoms with van der Waals surface area (Å²) in [6, 6.07) is 13.2. The van der Waals surface area contributed by atoms with Crippen LogP contribution in [0, 0.1) is 0 Å². The number of nitrogens with one attached hydrogen (secondary N) is 2. The zero-order chi connectivity index (χ0) is 21.6. The minimum Gasteiger partial charge on any atom is -0.371 e. The highest BCUT2D eigenvalue weighted by molar-refractivity contribution is 6.04. The Kier molecular flexibility index (Phi) is 6.75. The van der Waals surface area contributed by atoms with Crippen molar-refractivity contribution in [2.45, 2.75) is 45.4 Å². The molecular weight excluding hydrogens is 388 g/mol. The Balaban J connectivity index is 1.53. The lowest BCUT2D eigenvalue weighted by Crippen LogP contribution is -2.36. The topological polar surface area (TPSA) is 64.7 Å². The summed E-state index contributed by atoms with van der Waals surface area (Å²) >= 11 is 0.